The summed E-state index contributed by atoms with van der Waals surface area (Å²) < 4.78 is 5.64. The second-order valence-electron chi connectivity index (χ2n) is 6.60. The normalized spacial score (nSPS) is 10.8. The zero-order valence-corrected chi connectivity index (χ0v) is 16.5. The van der Waals surface area contributed by atoms with Crippen molar-refractivity contribution in [1.29, 1.82) is 0 Å². The molecule has 0 spiro atoms. The van der Waals surface area contributed by atoms with Crippen LogP contribution in [0.15, 0.2) is 60.9 Å². The van der Waals surface area contributed by atoms with Crippen LogP contribution in [0.25, 0.3) is 10.9 Å². The van der Waals surface area contributed by atoms with Crippen LogP contribution in [0.2, 0.25) is 0 Å². The fourth-order valence-electron chi connectivity index (χ4n) is 3.00. The van der Waals surface area contributed by atoms with Crippen molar-refractivity contribution >= 4 is 28.2 Å². The van der Waals surface area contributed by atoms with Crippen molar-refractivity contribution < 1.29 is 14.6 Å². The van der Waals surface area contributed by atoms with Gasteiger partial charge in [-0.05, 0) is 43.3 Å². The van der Waals surface area contributed by atoms with Crippen LogP contribution in [-0.4, -0.2) is 44.5 Å². The lowest BCUT2D eigenvalue weighted by molar-refractivity contribution is 0.0903. The van der Waals surface area contributed by atoms with Gasteiger partial charge >= 0.3 is 6.01 Å². The molecule has 0 bridgehead atoms. The lowest BCUT2D eigenvalue weighted by atomic mass is 10.2. The number of para-hydroxylation sites is 1. The first kappa shape index (κ1) is 19.4. The lowest BCUT2D eigenvalue weighted by Gasteiger charge is -2.20. The first-order valence-electron chi connectivity index (χ1n) is 9.26. The molecule has 0 atom stereocenters. The molecule has 0 aliphatic heterocycles. The molecule has 8 nitrogen and oxygen atoms in total. The molecule has 30 heavy (non-hydrogen) atoms. The Morgan fingerprint density at radius 1 is 1.03 bits per heavy atom. The molecule has 0 saturated carbocycles. The van der Waals surface area contributed by atoms with Gasteiger partial charge in [0.15, 0.2) is 5.78 Å². The maximum absolute atomic E-state index is 11.4. The lowest BCUT2D eigenvalue weighted by Crippen LogP contribution is -2.13. The molecule has 0 unspecified atom stereocenters. The van der Waals surface area contributed by atoms with Gasteiger partial charge in [0.05, 0.1) is 11.1 Å². The molecule has 1 N–H and O–H groups in total. The summed E-state index contributed by atoms with van der Waals surface area (Å²) >= 11 is 0. The molecule has 0 radical (unpaired) electrons. The highest BCUT2D eigenvalue weighted by atomic mass is 16.5. The molecule has 0 amide bonds. The Balaban J connectivity index is 1.54. The summed E-state index contributed by atoms with van der Waals surface area (Å²) in [4.78, 5) is 30.5. The monoisotopic (exact) mass is 401 g/mol. The van der Waals surface area contributed by atoms with E-state index < -0.39 is 12.4 Å². The smallest absolute Gasteiger partial charge is 0.321 e. The average Bonchev–Trinajstić information content (AvgIpc) is 2.78. The minimum absolute atomic E-state index is 0.114. The van der Waals surface area contributed by atoms with Gasteiger partial charge in [0, 0.05) is 30.5 Å². The first-order chi connectivity index (χ1) is 14.5. The number of benzene rings is 2. The average molecular weight is 401 g/mol. The van der Waals surface area contributed by atoms with Crippen LogP contribution in [0.4, 0.5) is 11.5 Å². The third kappa shape index (κ3) is 3.94. The molecule has 0 aliphatic carbocycles. The first-order valence-corrected chi connectivity index (χ1v) is 9.26. The van der Waals surface area contributed by atoms with Crippen LogP contribution in [0.3, 0.4) is 0 Å². The van der Waals surface area contributed by atoms with E-state index in [4.69, 9.17) is 9.84 Å². The van der Waals surface area contributed by atoms with Gasteiger partial charge in [0.1, 0.15) is 24.0 Å². The number of carbonyl (C=O) groups is 1. The standard InChI is InChI=1S/C22H19N5O3/c1-14-25-19-6-4-3-5-18(19)21(26-14)27(2)16-7-9-17(10-8-16)30-22-23-11-15(12-24-22)20(29)13-28/h3-12,28H,13H2,1-2H3. The topological polar surface area (TPSA) is 101 Å². The van der Waals surface area contributed by atoms with E-state index in [-0.39, 0.29) is 11.6 Å². The fraction of sp³-hybridized carbons (Fsp3) is 0.136. The number of ether oxygens (including phenoxy) is 1. The van der Waals surface area contributed by atoms with Crippen molar-refractivity contribution in [2.24, 2.45) is 0 Å². The number of aryl methyl sites for hydroxylation is 1. The Labute approximate surface area is 172 Å². The SMILES string of the molecule is Cc1nc(N(C)c2ccc(Oc3ncc(C(=O)CO)cn3)cc2)c2ccccc2n1. The van der Waals surface area contributed by atoms with Crippen LogP contribution >= 0.6 is 0 Å². The van der Waals surface area contributed by atoms with Gasteiger partial charge in [0.25, 0.3) is 0 Å². The maximum atomic E-state index is 11.4. The molecule has 0 aliphatic rings. The number of hydrogen-bond donors (Lipinski definition) is 1. The van der Waals surface area contributed by atoms with Gasteiger partial charge in [0.2, 0.25) is 0 Å². The number of rotatable bonds is 6. The fourth-order valence-corrected chi connectivity index (χ4v) is 3.00. The molecule has 8 heteroatoms. The van der Waals surface area contributed by atoms with E-state index in [1.807, 2.05) is 55.3 Å². The Morgan fingerprint density at radius 3 is 2.43 bits per heavy atom. The van der Waals surface area contributed by atoms with E-state index in [2.05, 4.69) is 19.9 Å². The molecule has 0 saturated heterocycles. The summed E-state index contributed by atoms with van der Waals surface area (Å²) in [5, 5.41) is 9.84. The van der Waals surface area contributed by atoms with Crippen LogP contribution < -0.4 is 9.64 Å². The number of aliphatic hydroxyl groups excluding tert-OH is 1. The molecule has 4 aromatic rings. The summed E-state index contributed by atoms with van der Waals surface area (Å²) in [6, 6.07) is 15.4. The number of nitrogens with zero attached hydrogens (tertiary/aromatic N) is 5. The molecular formula is C22H19N5O3. The quantitative estimate of drug-likeness (QED) is 0.490. The van der Waals surface area contributed by atoms with Crippen LogP contribution in [0.5, 0.6) is 11.8 Å². The van der Waals surface area contributed by atoms with Gasteiger partial charge in [-0.1, -0.05) is 12.1 Å². The van der Waals surface area contributed by atoms with Crippen molar-refractivity contribution in [2.75, 3.05) is 18.6 Å². The number of hydrogen-bond acceptors (Lipinski definition) is 8. The Morgan fingerprint density at radius 2 is 1.73 bits per heavy atom. The Kier molecular flexibility index (Phi) is 5.32. The van der Waals surface area contributed by atoms with Crippen LogP contribution in [0, 0.1) is 6.92 Å². The zero-order chi connectivity index (χ0) is 21.1. The van der Waals surface area contributed by atoms with Crippen molar-refractivity contribution in [2.45, 2.75) is 6.92 Å². The minimum Gasteiger partial charge on any atom is -0.424 e. The highest BCUT2D eigenvalue weighted by Crippen LogP contribution is 2.30. The molecule has 2 heterocycles. The molecule has 2 aromatic heterocycles. The van der Waals surface area contributed by atoms with Gasteiger partial charge in [-0.15, -0.1) is 0 Å². The van der Waals surface area contributed by atoms with E-state index >= 15 is 0 Å². The van der Waals surface area contributed by atoms with Gasteiger partial charge in [-0.3, -0.25) is 4.79 Å². The second kappa shape index (κ2) is 8.22. The molecular weight excluding hydrogens is 382 g/mol. The number of fused-ring (bicyclic) bond motifs is 1. The van der Waals surface area contributed by atoms with Crippen molar-refractivity contribution in [3.63, 3.8) is 0 Å². The van der Waals surface area contributed by atoms with E-state index in [9.17, 15) is 4.79 Å². The van der Waals surface area contributed by atoms with E-state index in [1.165, 1.54) is 12.4 Å². The zero-order valence-electron chi connectivity index (χ0n) is 16.5. The number of carbonyl (C=O) groups excluding carboxylic acids is 1. The third-order valence-corrected chi connectivity index (χ3v) is 4.54. The highest BCUT2D eigenvalue weighted by molar-refractivity contribution is 5.96. The maximum Gasteiger partial charge on any atom is 0.321 e. The number of aromatic nitrogens is 4. The van der Waals surface area contributed by atoms with E-state index in [0.717, 1.165) is 22.4 Å². The summed E-state index contributed by atoms with van der Waals surface area (Å²) in [5.41, 5.74) is 2.05. The largest absolute Gasteiger partial charge is 0.424 e. The van der Waals surface area contributed by atoms with Crippen LogP contribution in [-0.2, 0) is 0 Å². The Bertz CT molecular complexity index is 1190. The summed E-state index contributed by atoms with van der Waals surface area (Å²) in [6.45, 7) is 1.29. The summed E-state index contributed by atoms with van der Waals surface area (Å²) in [7, 11) is 1.95. The number of Topliss-reactive ketones (excluding diaryl/α,β-unsaturated/α-hetero) is 1. The highest BCUT2D eigenvalue weighted by Gasteiger charge is 2.12. The summed E-state index contributed by atoms with van der Waals surface area (Å²) in [6.07, 6.45) is 2.65. The van der Waals surface area contributed by atoms with E-state index in [1.54, 1.807) is 12.1 Å². The Hall–Kier alpha value is -3.91. The second-order valence-corrected chi connectivity index (χ2v) is 6.60. The third-order valence-electron chi connectivity index (χ3n) is 4.54. The number of anilines is 2. The van der Waals surface area contributed by atoms with Gasteiger partial charge < -0.3 is 14.7 Å². The van der Waals surface area contributed by atoms with Gasteiger partial charge in [-0.25, -0.2) is 19.9 Å². The molecule has 0 fully saturated rings. The predicted octanol–water partition coefficient (Wildman–Crippen LogP) is 3.46. The minimum atomic E-state index is -0.584. The number of ketones is 1. The number of aliphatic hydroxyl groups is 1. The predicted molar refractivity (Wildman–Crippen MR) is 112 cm³/mol. The van der Waals surface area contributed by atoms with Crippen LogP contribution in [0.1, 0.15) is 16.2 Å². The van der Waals surface area contributed by atoms with E-state index in [0.29, 0.717) is 11.6 Å². The molecule has 150 valence electrons. The molecule has 2 aromatic carbocycles. The van der Waals surface area contributed by atoms with Crippen molar-refractivity contribution in [3.05, 3.63) is 72.3 Å². The van der Waals surface area contributed by atoms with Crippen molar-refractivity contribution in [1.82, 2.24) is 19.9 Å². The molecule has 4 rings (SSSR count). The van der Waals surface area contributed by atoms with Gasteiger partial charge in [-0.2, -0.15) is 0 Å². The van der Waals surface area contributed by atoms with Crippen molar-refractivity contribution in [3.8, 4) is 11.8 Å². The summed E-state index contributed by atoms with van der Waals surface area (Å²) in [5.74, 6) is 1.63.